The predicted molar refractivity (Wildman–Crippen MR) is 76.0 cm³/mol. The van der Waals surface area contributed by atoms with Gasteiger partial charge in [0.25, 0.3) is 0 Å². The first-order chi connectivity index (χ1) is 9.92. The Morgan fingerprint density at radius 3 is 2.52 bits per heavy atom. The maximum atomic E-state index is 11.9. The summed E-state index contributed by atoms with van der Waals surface area (Å²) < 4.78 is 0. The van der Waals surface area contributed by atoms with Crippen molar-refractivity contribution in [2.75, 3.05) is 13.1 Å². The van der Waals surface area contributed by atoms with Gasteiger partial charge in [0.05, 0.1) is 10.9 Å². The first kappa shape index (κ1) is 15.4. The van der Waals surface area contributed by atoms with Crippen LogP contribution in [0.4, 0.5) is 4.79 Å². The molecule has 0 radical (unpaired) electrons. The molecule has 0 unspecified atom stereocenters. The average Bonchev–Trinajstić information content (AvgIpc) is 2.34. The normalized spacial score (nSPS) is 15.5. The van der Waals surface area contributed by atoms with E-state index in [2.05, 4.69) is 10.5 Å². The van der Waals surface area contributed by atoms with Crippen LogP contribution in [-0.2, 0) is 4.79 Å². The zero-order valence-corrected chi connectivity index (χ0v) is 12.1. The quantitative estimate of drug-likeness (QED) is 0.333. The van der Waals surface area contributed by atoms with Crippen molar-refractivity contribution in [3.05, 3.63) is 33.8 Å². The van der Waals surface area contributed by atoms with Gasteiger partial charge in [0.15, 0.2) is 5.84 Å². The van der Waals surface area contributed by atoms with Crippen LogP contribution in [0.1, 0.15) is 5.56 Å². The minimum absolute atomic E-state index is 0.105. The summed E-state index contributed by atoms with van der Waals surface area (Å²) in [5.41, 5.74) is 0.311. The summed E-state index contributed by atoms with van der Waals surface area (Å²) in [5, 5.41) is 23.8. The highest BCUT2D eigenvalue weighted by molar-refractivity contribution is 6.37. The molecular formula is C12H11Cl2N3O4. The number of oxime groups is 1. The third-order valence-electron chi connectivity index (χ3n) is 3.05. The zero-order valence-electron chi connectivity index (χ0n) is 10.6. The molecule has 9 heteroatoms. The second kappa shape index (κ2) is 6.19. The topological polar surface area (TPSA) is 102 Å². The van der Waals surface area contributed by atoms with Crippen LogP contribution in [0.2, 0.25) is 10.0 Å². The van der Waals surface area contributed by atoms with Crippen LogP contribution in [0.25, 0.3) is 0 Å². The third-order valence-corrected chi connectivity index (χ3v) is 3.60. The lowest BCUT2D eigenvalue weighted by molar-refractivity contribution is -0.127. The SMILES string of the molecule is O=C(N/C(=N\O)c1ccc(Cl)cc1Cl)C1CN(C(=O)O)C1. The van der Waals surface area contributed by atoms with Crippen molar-refractivity contribution in [2.45, 2.75) is 0 Å². The van der Waals surface area contributed by atoms with Crippen molar-refractivity contribution in [3.8, 4) is 0 Å². The first-order valence-electron chi connectivity index (χ1n) is 5.88. The van der Waals surface area contributed by atoms with Gasteiger partial charge in [-0.1, -0.05) is 28.4 Å². The Labute approximate surface area is 129 Å². The highest BCUT2D eigenvalue weighted by atomic mass is 35.5. The fourth-order valence-corrected chi connectivity index (χ4v) is 2.35. The summed E-state index contributed by atoms with van der Waals surface area (Å²) in [6.45, 7) is 0.211. The van der Waals surface area contributed by atoms with Crippen LogP contribution in [0.5, 0.6) is 0 Å². The molecule has 1 aliphatic heterocycles. The fraction of sp³-hybridized carbons (Fsp3) is 0.250. The van der Waals surface area contributed by atoms with E-state index < -0.39 is 17.9 Å². The molecule has 1 saturated heterocycles. The van der Waals surface area contributed by atoms with Gasteiger partial charge in [0, 0.05) is 23.7 Å². The van der Waals surface area contributed by atoms with Crippen molar-refractivity contribution in [3.63, 3.8) is 0 Å². The predicted octanol–water partition coefficient (Wildman–Crippen LogP) is 1.86. The Bertz CT molecular complexity index is 615. The Balaban J connectivity index is 2.04. The van der Waals surface area contributed by atoms with E-state index in [9.17, 15) is 9.59 Å². The van der Waals surface area contributed by atoms with Crippen molar-refractivity contribution in [1.82, 2.24) is 10.2 Å². The van der Waals surface area contributed by atoms with E-state index in [-0.39, 0.29) is 23.9 Å². The lowest BCUT2D eigenvalue weighted by Gasteiger charge is -2.35. The molecule has 2 amide bonds. The second-order valence-corrected chi connectivity index (χ2v) is 5.29. The average molecular weight is 332 g/mol. The van der Waals surface area contributed by atoms with Crippen molar-refractivity contribution in [1.29, 1.82) is 0 Å². The third kappa shape index (κ3) is 3.37. The molecule has 0 bridgehead atoms. The number of nitrogens with one attached hydrogen (secondary N) is 1. The van der Waals surface area contributed by atoms with Crippen LogP contribution < -0.4 is 5.32 Å². The second-order valence-electron chi connectivity index (χ2n) is 4.45. The number of likely N-dealkylation sites (tertiary alicyclic amines) is 1. The molecule has 7 nitrogen and oxygen atoms in total. The lowest BCUT2D eigenvalue weighted by Crippen LogP contribution is -2.56. The van der Waals surface area contributed by atoms with Gasteiger partial charge in [-0.2, -0.15) is 0 Å². The van der Waals surface area contributed by atoms with Crippen molar-refractivity contribution < 1.29 is 19.9 Å². The summed E-state index contributed by atoms with van der Waals surface area (Å²) in [7, 11) is 0. The summed E-state index contributed by atoms with van der Waals surface area (Å²) in [5.74, 6) is -1.04. The van der Waals surface area contributed by atoms with Gasteiger partial charge in [-0.05, 0) is 18.2 Å². The number of halogens is 2. The molecule has 1 aliphatic rings. The molecular weight excluding hydrogens is 321 g/mol. The Kier molecular flexibility index (Phi) is 4.54. The first-order valence-corrected chi connectivity index (χ1v) is 6.64. The molecule has 0 atom stereocenters. The zero-order chi connectivity index (χ0) is 15.6. The van der Waals surface area contributed by atoms with Gasteiger partial charge in [-0.25, -0.2) is 4.79 Å². The number of benzene rings is 1. The summed E-state index contributed by atoms with van der Waals surface area (Å²) >= 11 is 11.7. The summed E-state index contributed by atoms with van der Waals surface area (Å²) in [6.07, 6.45) is -1.07. The van der Waals surface area contributed by atoms with Gasteiger partial charge >= 0.3 is 6.09 Å². The Hall–Kier alpha value is -1.99. The molecule has 3 N–H and O–H groups in total. The molecule has 112 valence electrons. The Morgan fingerprint density at radius 1 is 1.33 bits per heavy atom. The van der Waals surface area contributed by atoms with E-state index >= 15 is 0 Å². The Morgan fingerprint density at radius 2 is 2.00 bits per heavy atom. The number of hydrogen-bond donors (Lipinski definition) is 3. The maximum Gasteiger partial charge on any atom is 0.407 e. The number of amides is 2. The standard InChI is InChI=1S/C12H11Cl2N3O4/c13-7-1-2-8(9(14)3-7)10(16-21)15-11(18)6-4-17(5-6)12(19)20/h1-3,6,21H,4-5H2,(H,19,20)(H,15,16,18). The molecule has 1 heterocycles. The maximum absolute atomic E-state index is 11.9. The molecule has 21 heavy (non-hydrogen) atoms. The molecule has 0 spiro atoms. The molecule has 2 rings (SSSR count). The smallest absolute Gasteiger partial charge is 0.407 e. The van der Waals surface area contributed by atoms with Crippen LogP contribution in [0.3, 0.4) is 0 Å². The van der Waals surface area contributed by atoms with Crippen LogP contribution in [-0.4, -0.2) is 46.1 Å². The van der Waals surface area contributed by atoms with E-state index in [1.54, 1.807) is 0 Å². The number of carbonyl (C=O) groups excluding carboxylic acids is 1. The summed E-state index contributed by atoms with van der Waals surface area (Å²) in [6, 6.07) is 4.49. The molecule has 0 aromatic heterocycles. The van der Waals surface area contributed by atoms with Gasteiger partial charge in [-0.15, -0.1) is 0 Å². The number of amidine groups is 1. The lowest BCUT2D eigenvalue weighted by atomic mass is 10.00. The number of carboxylic acid groups (broad SMARTS) is 1. The van der Waals surface area contributed by atoms with E-state index in [0.29, 0.717) is 10.6 Å². The highest BCUT2D eigenvalue weighted by Gasteiger charge is 2.36. The van der Waals surface area contributed by atoms with Gasteiger partial charge in [0.2, 0.25) is 5.91 Å². The minimum Gasteiger partial charge on any atom is -0.465 e. The number of hydrogen-bond acceptors (Lipinski definition) is 4. The minimum atomic E-state index is -1.07. The number of rotatable bonds is 2. The largest absolute Gasteiger partial charge is 0.465 e. The van der Waals surface area contributed by atoms with E-state index in [1.807, 2.05) is 0 Å². The molecule has 1 aromatic rings. The van der Waals surface area contributed by atoms with Crippen molar-refractivity contribution >= 4 is 41.0 Å². The molecule has 0 aliphatic carbocycles. The molecule has 1 fully saturated rings. The van der Waals surface area contributed by atoms with Crippen LogP contribution in [0, 0.1) is 5.92 Å². The van der Waals surface area contributed by atoms with Gasteiger partial charge in [-0.3, -0.25) is 4.79 Å². The number of carbonyl (C=O) groups is 2. The van der Waals surface area contributed by atoms with E-state index in [0.717, 1.165) is 4.90 Å². The van der Waals surface area contributed by atoms with Crippen molar-refractivity contribution in [2.24, 2.45) is 11.1 Å². The van der Waals surface area contributed by atoms with Gasteiger partial charge in [0.1, 0.15) is 0 Å². The molecule has 0 saturated carbocycles. The molecule has 1 aromatic carbocycles. The number of nitrogens with zero attached hydrogens (tertiary/aromatic N) is 2. The van der Waals surface area contributed by atoms with Crippen LogP contribution >= 0.6 is 23.2 Å². The van der Waals surface area contributed by atoms with Crippen LogP contribution in [0.15, 0.2) is 23.4 Å². The highest BCUT2D eigenvalue weighted by Crippen LogP contribution is 2.22. The fourth-order valence-electron chi connectivity index (χ4n) is 1.85. The van der Waals surface area contributed by atoms with E-state index in [1.165, 1.54) is 18.2 Å². The summed E-state index contributed by atoms with van der Waals surface area (Å²) in [4.78, 5) is 23.7. The van der Waals surface area contributed by atoms with E-state index in [4.69, 9.17) is 33.5 Å². The van der Waals surface area contributed by atoms with Gasteiger partial charge < -0.3 is 20.5 Å². The monoisotopic (exact) mass is 331 g/mol.